The number of amides is 1. The number of nitrogens with one attached hydrogen (secondary N) is 2. The summed E-state index contributed by atoms with van der Waals surface area (Å²) in [6.07, 6.45) is -1.95. The summed E-state index contributed by atoms with van der Waals surface area (Å²) < 4.78 is 66.2. The van der Waals surface area contributed by atoms with E-state index in [0.717, 1.165) is 41.8 Å². The summed E-state index contributed by atoms with van der Waals surface area (Å²) in [6.45, 7) is 2.04. The first-order valence-corrected chi connectivity index (χ1v) is 11.5. The molecule has 9 heteroatoms. The summed E-state index contributed by atoms with van der Waals surface area (Å²) >= 11 is 0. The number of benzene rings is 3. The average molecular weight is 472 g/mol. The molecule has 0 atom stereocenters. The third kappa shape index (κ3) is 4.78. The lowest BCUT2D eigenvalue weighted by Gasteiger charge is -2.11. The Morgan fingerprint density at radius 1 is 0.970 bits per heavy atom. The van der Waals surface area contributed by atoms with E-state index in [9.17, 15) is 26.4 Å². The van der Waals surface area contributed by atoms with Crippen molar-refractivity contribution < 1.29 is 26.4 Å². The highest BCUT2D eigenvalue weighted by Gasteiger charge is 2.30. The van der Waals surface area contributed by atoms with E-state index in [1.165, 1.54) is 18.2 Å². The first-order valence-electron chi connectivity index (χ1n) is 10.0. The smallest absolute Gasteiger partial charge is 0.321 e. The molecule has 1 aliphatic rings. The number of hydrogen-bond donors (Lipinski definition) is 2. The Balaban J connectivity index is 1.64. The van der Waals surface area contributed by atoms with Crippen LogP contribution in [0.15, 0.2) is 71.6 Å². The van der Waals surface area contributed by atoms with E-state index in [1.54, 1.807) is 6.08 Å². The number of aryl methyl sites for hydroxylation is 1. The molecule has 33 heavy (non-hydrogen) atoms. The zero-order valence-electron chi connectivity index (χ0n) is 17.4. The lowest BCUT2D eigenvalue weighted by atomic mass is 10.0. The Morgan fingerprint density at radius 3 is 2.24 bits per heavy atom. The van der Waals surface area contributed by atoms with Crippen LogP contribution in [-0.4, -0.2) is 14.3 Å². The third-order valence-corrected chi connectivity index (χ3v) is 6.63. The van der Waals surface area contributed by atoms with Crippen molar-refractivity contribution in [2.24, 2.45) is 0 Å². The summed E-state index contributed by atoms with van der Waals surface area (Å²) in [5, 5.41) is 2.71. The standard InChI is InChI=1S/C24H19F3N2O3S/c1-2-15-3-5-16(6-4-15)13-21-20-14-19(11-12-22(20)28-23(21)30)33(31,32)29-18-9-7-17(8-10-18)24(25,26)27/h3-14,29H,2H2,1H3,(H,28,30). The Morgan fingerprint density at radius 2 is 1.64 bits per heavy atom. The molecule has 0 saturated heterocycles. The first kappa shape index (κ1) is 22.6. The van der Waals surface area contributed by atoms with Gasteiger partial charge in [-0.1, -0.05) is 31.2 Å². The molecular weight excluding hydrogens is 453 g/mol. The SMILES string of the molecule is CCc1ccc(C=C2C(=O)Nc3ccc(S(=O)(=O)Nc4ccc(C(F)(F)F)cc4)cc32)cc1. The molecule has 4 rings (SSSR count). The minimum absolute atomic E-state index is 0.00974. The van der Waals surface area contributed by atoms with Crippen LogP contribution in [0.25, 0.3) is 11.6 Å². The predicted octanol–water partition coefficient (Wildman–Crippen LogP) is 5.56. The molecule has 3 aromatic rings. The second-order valence-electron chi connectivity index (χ2n) is 7.50. The van der Waals surface area contributed by atoms with Crippen molar-refractivity contribution in [3.05, 3.63) is 89.0 Å². The summed E-state index contributed by atoms with van der Waals surface area (Å²) in [4.78, 5) is 12.4. The van der Waals surface area contributed by atoms with E-state index < -0.39 is 21.8 Å². The highest BCUT2D eigenvalue weighted by Crippen LogP contribution is 2.35. The van der Waals surface area contributed by atoms with E-state index in [4.69, 9.17) is 0 Å². The van der Waals surface area contributed by atoms with Gasteiger partial charge in [-0.05, 0) is 66.1 Å². The van der Waals surface area contributed by atoms with E-state index in [2.05, 4.69) is 10.0 Å². The largest absolute Gasteiger partial charge is 0.416 e. The van der Waals surface area contributed by atoms with Gasteiger partial charge in [0.05, 0.1) is 10.5 Å². The van der Waals surface area contributed by atoms with Crippen molar-refractivity contribution in [1.29, 1.82) is 0 Å². The molecule has 0 fully saturated rings. The second kappa shape index (κ2) is 8.40. The number of rotatable bonds is 5. The number of sulfonamides is 1. The van der Waals surface area contributed by atoms with Crippen LogP contribution in [-0.2, 0) is 27.4 Å². The highest BCUT2D eigenvalue weighted by molar-refractivity contribution is 7.92. The minimum Gasteiger partial charge on any atom is -0.321 e. The maximum atomic E-state index is 12.8. The van der Waals surface area contributed by atoms with Crippen LogP contribution in [0.1, 0.15) is 29.2 Å². The average Bonchev–Trinajstić information content (AvgIpc) is 3.08. The van der Waals surface area contributed by atoms with Crippen molar-refractivity contribution in [2.75, 3.05) is 10.0 Å². The number of anilines is 2. The number of halogens is 3. The monoisotopic (exact) mass is 472 g/mol. The van der Waals surface area contributed by atoms with Gasteiger partial charge in [0.2, 0.25) is 0 Å². The normalized spacial score (nSPS) is 14.8. The minimum atomic E-state index is -4.52. The molecule has 1 aliphatic heterocycles. The fraction of sp³-hybridized carbons (Fsp3) is 0.125. The quantitative estimate of drug-likeness (QED) is 0.478. The Kier molecular flexibility index (Phi) is 5.75. The second-order valence-corrected chi connectivity index (χ2v) is 9.18. The topological polar surface area (TPSA) is 75.3 Å². The molecule has 0 spiro atoms. The molecule has 0 radical (unpaired) electrons. The van der Waals surface area contributed by atoms with E-state index in [1.807, 2.05) is 31.2 Å². The molecule has 0 saturated carbocycles. The van der Waals surface area contributed by atoms with Crippen molar-refractivity contribution in [3.63, 3.8) is 0 Å². The molecule has 0 aromatic heterocycles. The van der Waals surface area contributed by atoms with Gasteiger partial charge in [-0.25, -0.2) is 8.42 Å². The number of fused-ring (bicyclic) bond motifs is 1. The van der Waals surface area contributed by atoms with Crippen LogP contribution in [0, 0.1) is 0 Å². The Hall–Kier alpha value is -3.59. The number of hydrogen-bond acceptors (Lipinski definition) is 3. The van der Waals surface area contributed by atoms with Crippen LogP contribution in [0.3, 0.4) is 0 Å². The molecule has 0 unspecified atom stereocenters. The van der Waals surface area contributed by atoms with E-state index in [-0.39, 0.29) is 16.5 Å². The molecule has 0 aliphatic carbocycles. The molecule has 1 amide bonds. The summed E-state index contributed by atoms with van der Waals surface area (Å²) in [6, 6.07) is 15.5. The molecule has 2 N–H and O–H groups in total. The maximum Gasteiger partial charge on any atom is 0.416 e. The van der Waals surface area contributed by atoms with Crippen LogP contribution in [0.2, 0.25) is 0 Å². The number of alkyl halides is 3. The maximum absolute atomic E-state index is 12.8. The van der Waals surface area contributed by atoms with E-state index >= 15 is 0 Å². The number of carbonyl (C=O) groups is 1. The van der Waals surface area contributed by atoms with E-state index in [0.29, 0.717) is 16.8 Å². The van der Waals surface area contributed by atoms with Gasteiger partial charge in [0.15, 0.2) is 0 Å². The molecule has 0 bridgehead atoms. The van der Waals surface area contributed by atoms with Crippen LogP contribution in [0.5, 0.6) is 0 Å². The van der Waals surface area contributed by atoms with Gasteiger partial charge in [0.1, 0.15) is 0 Å². The molecular formula is C24H19F3N2O3S. The summed E-state index contributed by atoms with van der Waals surface area (Å²) in [5.74, 6) is -0.352. The molecule has 170 valence electrons. The Bertz CT molecular complexity index is 1350. The van der Waals surface area contributed by atoms with Gasteiger partial charge in [-0.3, -0.25) is 9.52 Å². The van der Waals surface area contributed by atoms with Gasteiger partial charge in [-0.15, -0.1) is 0 Å². The van der Waals surface area contributed by atoms with Gasteiger partial charge < -0.3 is 5.32 Å². The van der Waals surface area contributed by atoms with Gasteiger partial charge >= 0.3 is 6.18 Å². The van der Waals surface area contributed by atoms with Crippen LogP contribution in [0.4, 0.5) is 24.5 Å². The Labute approximate surface area is 189 Å². The van der Waals surface area contributed by atoms with Gasteiger partial charge in [0, 0.05) is 22.5 Å². The van der Waals surface area contributed by atoms with Gasteiger partial charge in [0.25, 0.3) is 15.9 Å². The van der Waals surface area contributed by atoms with Crippen molar-refractivity contribution in [3.8, 4) is 0 Å². The summed E-state index contributed by atoms with van der Waals surface area (Å²) in [7, 11) is -4.10. The lowest BCUT2D eigenvalue weighted by Crippen LogP contribution is -2.13. The molecule has 5 nitrogen and oxygen atoms in total. The molecule has 1 heterocycles. The zero-order chi connectivity index (χ0) is 23.8. The zero-order valence-corrected chi connectivity index (χ0v) is 18.2. The predicted molar refractivity (Wildman–Crippen MR) is 121 cm³/mol. The lowest BCUT2D eigenvalue weighted by molar-refractivity contribution is -0.137. The highest BCUT2D eigenvalue weighted by atomic mass is 32.2. The van der Waals surface area contributed by atoms with Crippen LogP contribution < -0.4 is 10.0 Å². The first-order chi connectivity index (χ1) is 15.6. The fourth-order valence-corrected chi connectivity index (χ4v) is 4.52. The van der Waals surface area contributed by atoms with Crippen molar-refractivity contribution in [1.82, 2.24) is 0 Å². The van der Waals surface area contributed by atoms with Crippen LogP contribution >= 0.6 is 0 Å². The summed E-state index contributed by atoms with van der Waals surface area (Å²) in [5.41, 5.74) is 2.27. The van der Waals surface area contributed by atoms with Crippen molar-refractivity contribution >= 4 is 39.0 Å². The third-order valence-electron chi connectivity index (χ3n) is 5.25. The number of carbonyl (C=O) groups excluding carboxylic acids is 1. The van der Waals surface area contributed by atoms with Crippen molar-refractivity contribution in [2.45, 2.75) is 24.4 Å². The van der Waals surface area contributed by atoms with Gasteiger partial charge in [-0.2, -0.15) is 13.2 Å². The molecule has 3 aromatic carbocycles. The fourth-order valence-electron chi connectivity index (χ4n) is 3.44.